The molecule has 124 valence electrons. The van der Waals surface area contributed by atoms with Crippen LogP contribution in [0.3, 0.4) is 0 Å². The molecule has 0 unspecified atom stereocenters. The van der Waals surface area contributed by atoms with E-state index in [-0.39, 0.29) is 15.5 Å². The lowest BCUT2D eigenvalue weighted by Crippen LogP contribution is -2.22. The predicted molar refractivity (Wildman–Crippen MR) is 86.8 cm³/mol. The third kappa shape index (κ3) is 5.53. The summed E-state index contributed by atoms with van der Waals surface area (Å²) in [5.74, 6) is -0.122. The average molecular weight is 346 g/mol. The maximum absolute atomic E-state index is 12.1. The molecule has 0 aliphatic rings. The number of hydrogen-bond acceptors (Lipinski definition) is 5. The summed E-state index contributed by atoms with van der Waals surface area (Å²) in [6.07, 6.45) is 3.44. The van der Waals surface area contributed by atoms with Crippen LogP contribution in [0.15, 0.2) is 46.2 Å². The summed E-state index contributed by atoms with van der Waals surface area (Å²) in [7, 11) is -7.29. The van der Waals surface area contributed by atoms with Gasteiger partial charge < -0.3 is 4.90 Å². The van der Waals surface area contributed by atoms with Gasteiger partial charge in [-0.3, -0.25) is 0 Å². The van der Waals surface area contributed by atoms with Gasteiger partial charge in [0.15, 0.2) is 9.84 Å². The highest BCUT2D eigenvalue weighted by Crippen LogP contribution is 2.15. The van der Waals surface area contributed by atoms with E-state index in [1.165, 1.54) is 24.3 Å². The molecule has 6 nitrogen and oxygen atoms in total. The predicted octanol–water partition coefficient (Wildman–Crippen LogP) is 1.01. The molecule has 0 saturated heterocycles. The molecule has 0 bridgehead atoms. The first kappa shape index (κ1) is 18.8. The van der Waals surface area contributed by atoms with Gasteiger partial charge in [-0.15, -0.1) is 0 Å². The molecule has 22 heavy (non-hydrogen) atoms. The first-order valence-corrected chi connectivity index (χ1v) is 10.1. The van der Waals surface area contributed by atoms with Crippen LogP contribution >= 0.6 is 0 Å². The van der Waals surface area contributed by atoms with Crippen LogP contribution in [-0.4, -0.2) is 47.1 Å². The van der Waals surface area contributed by atoms with Gasteiger partial charge in [0.25, 0.3) is 0 Å². The lowest BCUT2D eigenvalue weighted by atomic mass is 10.4. The zero-order chi connectivity index (χ0) is 16.8. The topological polar surface area (TPSA) is 97.5 Å². The van der Waals surface area contributed by atoms with Crippen LogP contribution in [0.4, 0.5) is 0 Å². The minimum Gasteiger partial charge on any atom is -0.300 e. The molecule has 0 amide bonds. The van der Waals surface area contributed by atoms with E-state index in [1.54, 1.807) is 6.08 Å². The zero-order valence-corrected chi connectivity index (χ0v) is 14.4. The Morgan fingerprint density at radius 2 is 1.45 bits per heavy atom. The minimum absolute atomic E-state index is 0.0763. The van der Waals surface area contributed by atoms with Crippen molar-refractivity contribution in [1.82, 2.24) is 4.90 Å². The third-order valence-corrected chi connectivity index (χ3v) is 5.80. The average Bonchev–Trinajstić information content (AvgIpc) is 2.46. The van der Waals surface area contributed by atoms with Crippen molar-refractivity contribution in [2.75, 3.05) is 25.4 Å². The Bertz CT molecular complexity index is 704. The minimum atomic E-state index is -3.82. The summed E-state index contributed by atoms with van der Waals surface area (Å²) in [5, 5.41) is 4.98. The highest BCUT2D eigenvalue weighted by atomic mass is 32.2. The van der Waals surface area contributed by atoms with E-state index in [2.05, 4.69) is 4.90 Å². The van der Waals surface area contributed by atoms with Crippen molar-refractivity contribution < 1.29 is 16.8 Å². The summed E-state index contributed by atoms with van der Waals surface area (Å²) in [6, 6.07) is 4.91. The van der Waals surface area contributed by atoms with Crippen LogP contribution in [0.25, 0.3) is 0 Å². The van der Waals surface area contributed by atoms with E-state index in [4.69, 9.17) is 5.14 Å². The Morgan fingerprint density at radius 3 is 1.91 bits per heavy atom. The Hall–Kier alpha value is -1.22. The molecular formula is C14H22N2O4S2. The van der Waals surface area contributed by atoms with Crippen LogP contribution < -0.4 is 5.14 Å². The Kier molecular flexibility index (Phi) is 6.73. The van der Waals surface area contributed by atoms with Gasteiger partial charge in [-0.2, -0.15) is 0 Å². The summed E-state index contributed by atoms with van der Waals surface area (Å²) in [5.41, 5.74) is 0. The highest BCUT2D eigenvalue weighted by molar-refractivity contribution is 7.91. The summed E-state index contributed by atoms with van der Waals surface area (Å²) < 4.78 is 46.5. The molecule has 0 aliphatic carbocycles. The number of rotatable bonds is 8. The lowest BCUT2D eigenvalue weighted by molar-refractivity contribution is 0.337. The van der Waals surface area contributed by atoms with Crippen molar-refractivity contribution in [3.05, 3.63) is 36.4 Å². The Morgan fingerprint density at radius 1 is 0.955 bits per heavy atom. The van der Waals surface area contributed by atoms with Gasteiger partial charge in [0.05, 0.1) is 15.5 Å². The quantitative estimate of drug-likeness (QED) is 0.708. The fourth-order valence-electron chi connectivity index (χ4n) is 1.83. The normalized spacial score (nSPS) is 13.1. The number of sulfonamides is 1. The number of likely N-dealkylation sites (N-methyl/N-ethyl adjacent to an activating group) is 1. The van der Waals surface area contributed by atoms with Gasteiger partial charge in [-0.25, -0.2) is 22.0 Å². The second kappa shape index (κ2) is 7.87. The number of primary sulfonamides is 1. The molecule has 8 heteroatoms. The summed E-state index contributed by atoms with van der Waals surface area (Å²) in [4.78, 5) is 2.13. The molecule has 1 aromatic carbocycles. The van der Waals surface area contributed by atoms with Gasteiger partial charge >= 0.3 is 0 Å². The number of benzene rings is 1. The lowest BCUT2D eigenvalue weighted by Gasteiger charge is -2.14. The second-order valence-corrected chi connectivity index (χ2v) is 8.35. The summed E-state index contributed by atoms with van der Waals surface area (Å²) in [6.45, 7) is 6.60. The summed E-state index contributed by atoms with van der Waals surface area (Å²) >= 11 is 0. The SMILES string of the molecule is CCN(CC)C/C=C/CS(=O)(=O)c1ccc(S(N)(=O)=O)cc1. The Labute approximate surface area is 132 Å². The molecule has 0 radical (unpaired) electrons. The largest absolute Gasteiger partial charge is 0.300 e. The van der Waals surface area contributed by atoms with Gasteiger partial charge in [-0.1, -0.05) is 26.0 Å². The molecule has 0 fully saturated rings. The number of hydrogen-bond donors (Lipinski definition) is 1. The van der Waals surface area contributed by atoms with Crippen LogP contribution in [0, 0.1) is 0 Å². The van der Waals surface area contributed by atoms with Crippen molar-refractivity contribution in [3.8, 4) is 0 Å². The molecular weight excluding hydrogens is 324 g/mol. The number of nitrogens with two attached hydrogens (primary N) is 1. The molecule has 0 heterocycles. The van der Waals surface area contributed by atoms with Crippen LogP contribution in [0.2, 0.25) is 0 Å². The number of sulfone groups is 1. The molecule has 0 atom stereocenters. The maximum atomic E-state index is 12.1. The molecule has 1 aromatic rings. The van der Waals surface area contributed by atoms with E-state index in [9.17, 15) is 16.8 Å². The molecule has 0 saturated carbocycles. The van der Waals surface area contributed by atoms with Crippen molar-refractivity contribution in [2.45, 2.75) is 23.6 Å². The molecule has 0 aromatic heterocycles. The van der Waals surface area contributed by atoms with Crippen LogP contribution in [0.5, 0.6) is 0 Å². The second-order valence-electron chi connectivity index (χ2n) is 4.76. The van der Waals surface area contributed by atoms with Gasteiger partial charge in [0.2, 0.25) is 10.0 Å². The molecule has 2 N–H and O–H groups in total. The Balaban J connectivity index is 2.77. The smallest absolute Gasteiger partial charge is 0.238 e. The van der Waals surface area contributed by atoms with Crippen molar-refractivity contribution >= 4 is 19.9 Å². The monoisotopic (exact) mass is 346 g/mol. The van der Waals surface area contributed by atoms with Crippen molar-refractivity contribution in [2.24, 2.45) is 5.14 Å². The van der Waals surface area contributed by atoms with Crippen LogP contribution in [-0.2, 0) is 19.9 Å². The van der Waals surface area contributed by atoms with Gasteiger partial charge in [0.1, 0.15) is 0 Å². The zero-order valence-electron chi connectivity index (χ0n) is 12.8. The van der Waals surface area contributed by atoms with Gasteiger partial charge in [0, 0.05) is 6.54 Å². The maximum Gasteiger partial charge on any atom is 0.238 e. The van der Waals surface area contributed by atoms with E-state index in [1.807, 2.05) is 19.9 Å². The molecule has 0 aliphatic heterocycles. The number of nitrogens with zero attached hydrogens (tertiary/aromatic N) is 1. The van der Waals surface area contributed by atoms with E-state index < -0.39 is 19.9 Å². The molecule has 1 rings (SSSR count). The first-order valence-electron chi connectivity index (χ1n) is 6.93. The molecule has 0 spiro atoms. The first-order chi connectivity index (χ1) is 10.2. The standard InChI is InChI=1S/C14H22N2O4S2/c1-3-16(4-2)11-5-6-12-21(17,18)13-7-9-14(10-8-13)22(15,19)20/h5-10H,3-4,11-12H2,1-2H3,(H2,15,19,20)/b6-5+. The van der Waals surface area contributed by atoms with Crippen LogP contribution in [0.1, 0.15) is 13.8 Å². The highest BCUT2D eigenvalue weighted by Gasteiger charge is 2.14. The van der Waals surface area contributed by atoms with Crippen molar-refractivity contribution in [3.63, 3.8) is 0 Å². The van der Waals surface area contributed by atoms with E-state index in [0.717, 1.165) is 13.1 Å². The fourth-order valence-corrected chi connectivity index (χ4v) is 3.48. The third-order valence-electron chi connectivity index (χ3n) is 3.25. The fraction of sp³-hybridized carbons (Fsp3) is 0.429. The van der Waals surface area contributed by atoms with E-state index in [0.29, 0.717) is 6.54 Å². The van der Waals surface area contributed by atoms with Crippen molar-refractivity contribution in [1.29, 1.82) is 0 Å². The van der Waals surface area contributed by atoms with Gasteiger partial charge in [-0.05, 0) is 37.4 Å². The van der Waals surface area contributed by atoms with E-state index >= 15 is 0 Å².